The molecular formula is C12H12N4O2. The van der Waals surface area contributed by atoms with Gasteiger partial charge in [0.15, 0.2) is 5.88 Å². The molecule has 2 aromatic rings. The van der Waals surface area contributed by atoms with Gasteiger partial charge in [-0.1, -0.05) is 6.07 Å². The van der Waals surface area contributed by atoms with E-state index in [1.54, 1.807) is 12.1 Å². The summed E-state index contributed by atoms with van der Waals surface area (Å²) in [5.41, 5.74) is 1.51. The van der Waals surface area contributed by atoms with E-state index in [9.17, 15) is 4.79 Å². The summed E-state index contributed by atoms with van der Waals surface area (Å²) in [5, 5.41) is 21.7. The van der Waals surface area contributed by atoms with E-state index < -0.39 is 6.03 Å². The summed E-state index contributed by atoms with van der Waals surface area (Å²) in [7, 11) is 0. The summed E-state index contributed by atoms with van der Waals surface area (Å²) in [6.07, 6.45) is 3.75. The van der Waals surface area contributed by atoms with Crippen molar-refractivity contribution in [2.75, 3.05) is 5.32 Å². The normalized spacial score (nSPS) is 11.2. The highest BCUT2D eigenvalue weighted by atomic mass is 16.3. The van der Waals surface area contributed by atoms with Crippen molar-refractivity contribution in [3.05, 3.63) is 42.4 Å². The predicted molar refractivity (Wildman–Crippen MR) is 69.9 cm³/mol. The first kappa shape index (κ1) is 11.7. The van der Waals surface area contributed by atoms with Crippen molar-refractivity contribution in [3.8, 4) is 0 Å². The van der Waals surface area contributed by atoms with Crippen LogP contribution in [0.3, 0.4) is 0 Å². The summed E-state index contributed by atoms with van der Waals surface area (Å²) in [4.78, 5) is 14.5. The number of rotatable bonds is 3. The molecule has 0 aliphatic rings. The van der Waals surface area contributed by atoms with Crippen molar-refractivity contribution in [2.24, 2.45) is 0 Å². The summed E-state index contributed by atoms with van der Waals surface area (Å²) in [6, 6.07) is 6.77. The highest BCUT2D eigenvalue weighted by Crippen LogP contribution is 2.17. The molecule has 1 aromatic carbocycles. The number of hydrogen-bond donors (Lipinski definition) is 5. The standard InChI is InChI=1S/C12H12N4O2/c13-5-3-11(17)16-12(18)15-9-2-1-8-4-6-14-10(8)7-9/h1-7,13-14,17H,(H2,15,16,18)/b11-3-,13-5?. The van der Waals surface area contributed by atoms with E-state index in [0.717, 1.165) is 23.2 Å². The first-order valence-corrected chi connectivity index (χ1v) is 5.24. The minimum absolute atomic E-state index is 0.386. The molecule has 92 valence electrons. The molecule has 0 saturated carbocycles. The van der Waals surface area contributed by atoms with Crippen molar-refractivity contribution in [2.45, 2.75) is 0 Å². The van der Waals surface area contributed by atoms with Gasteiger partial charge < -0.3 is 20.8 Å². The number of aliphatic hydroxyl groups excluding tert-OH is 1. The van der Waals surface area contributed by atoms with E-state index in [1.165, 1.54) is 0 Å². The fourth-order valence-electron chi connectivity index (χ4n) is 1.52. The van der Waals surface area contributed by atoms with Crippen LogP contribution in [-0.4, -0.2) is 22.3 Å². The molecule has 6 heteroatoms. The Bertz CT molecular complexity index is 615. The van der Waals surface area contributed by atoms with Crippen molar-refractivity contribution in [3.63, 3.8) is 0 Å². The van der Waals surface area contributed by atoms with Crippen LogP contribution in [0.4, 0.5) is 10.5 Å². The summed E-state index contributed by atoms with van der Waals surface area (Å²) < 4.78 is 0. The molecule has 2 amide bonds. The second kappa shape index (κ2) is 5.05. The van der Waals surface area contributed by atoms with Crippen molar-refractivity contribution < 1.29 is 9.90 Å². The molecule has 0 bridgehead atoms. The Labute approximate surface area is 103 Å². The molecule has 0 spiro atoms. The monoisotopic (exact) mass is 244 g/mol. The zero-order valence-electron chi connectivity index (χ0n) is 9.40. The fraction of sp³-hybridized carbons (Fsp3) is 0. The molecule has 0 radical (unpaired) electrons. The third-order valence-corrected chi connectivity index (χ3v) is 2.30. The average molecular weight is 244 g/mol. The highest BCUT2D eigenvalue weighted by Gasteiger charge is 2.04. The number of nitrogens with one attached hydrogen (secondary N) is 4. The number of H-pyrrole nitrogens is 1. The average Bonchev–Trinajstić information content (AvgIpc) is 2.76. The van der Waals surface area contributed by atoms with E-state index in [1.807, 2.05) is 18.3 Å². The number of benzene rings is 1. The van der Waals surface area contributed by atoms with Gasteiger partial charge in [0, 0.05) is 29.7 Å². The largest absolute Gasteiger partial charge is 0.494 e. The van der Waals surface area contributed by atoms with Gasteiger partial charge in [-0.25, -0.2) is 4.79 Å². The minimum atomic E-state index is -0.573. The van der Waals surface area contributed by atoms with Crippen LogP contribution in [0.15, 0.2) is 42.4 Å². The first-order chi connectivity index (χ1) is 8.69. The second-order valence-corrected chi connectivity index (χ2v) is 3.58. The Balaban J connectivity index is 2.06. The zero-order valence-corrected chi connectivity index (χ0v) is 9.40. The molecule has 1 aromatic heterocycles. The van der Waals surface area contributed by atoms with E-state index in [2.05, 4.69) is 15.6 Å². The van der Waals surface area contributed by atoms with Crippen LogP contribution in [-0.2, 0) is 0 Å². The van der Waals surface area contributed by atoms with Crippen LogP contribution in [0, 0.1) is 5.41 Å². The maximum Gasteiger partial charge on any atom is 0.326 e. The lowest BCUT2D eigenvalue weighted by atomic mass is 10.2. The van der Waals surface area contributed by atoms with Crippen molar-refractivity contribution >= 4 is 28.8 Å². The number of aromatic amines is 1. The predicted octanol–water partition coefficient (Wildman–Crippen LogP) is 2.34. The number of carbonyl (C=O) groups excluding carboxylic acids is 1. The van der Waals surface area contributed by atoms with E-state index in [-0.39, 0.29) is 5.88 Å². The van der Waals surface area contributed by atoms with Crippen LogP contribution < -0.4 is 10.6 Å². The second-order valence-electron chi connectivity index (χ2n) is 3.58. The SMILES string of the molecule is N=C/C=C(\O)NC(=O)Nc1ccc2cc[nH]c2c1. The molecule has 18 heavy (non-hydrogen) atoms. The molecule has 0 unspecified atom stereocenters. The van der Waals surface area contributed by atoms with Crippen LogP contribution >= 0.6 is 0 Å². The molecular weight excluding hydrogens is 232 g/mol. The summed E-state index contributed by atoms with van der Waals surface area (Å²) in [6.45, 7) is 0. The van der Waals surface area contributed by atoms with Crippen molar-refractivity contribution in [1.29, 1.82) is 5.41 Å². The smallest absolute Gasteiger partial charge is 0.326 e. The van der Waals surface area contributed by atoms with Crippen LogP contribution in [0.25, 0.3) is 10.9 Å². The van der Waals surface area contributed by atoms with Gasteiger partial charge in [-0.2, -0.15) is 0 Å². The molecule has 0 aliphatic heterocycles. The van der Waals surface area contributed by atoms with Gasteiger partial charge in [-0.05, 0) is 23.6 Å². The maximum atomic E-state index is 11.5. The Hall–Kier alpha value is -2.76. The van der Waals surface area contributed by atoms with Gasteiger partial charge in [-0.3, -0.25) is 5.32 Å². The van der Waals surface area contributed by atoms with Crippen LogP contribution in [0.5, 0.6) is 0 Å². The van der Waals surface area contributed by atoms with E-state index >= 15 is 0 Å². The number of urea groups is 1. The Morgan fingerprint density at radius 3 is 3.00 bits per heavy atom. The summed E-state index contributed by atoms with van der Waals surface area (Å²) in [5.74, 6) is -0.386. The Morgan fingerprint density at radius 2 is 2.22 bits per heavy atom. The Kier molecular flexibility index (Phi) is 3.29. The number of amides is 2. The van der Waals surface area contributed by atoms with E-state index in [0.29, 0.717) is 5.69 Å². The lowest BCUT2D eigenvalue weighted by Gasteiger charge is -2.06. The topological polar surface area (TPSA) is 101 Å². The minimum Gasteiger partial charge on any atom is -0.494 e. The molecule has 5 N–H and O–H groups in total. The summed E-state index contributed by atoms with van der Waals surface area (Å²) >= 11 is 0. The quantitative estimate of drug-likeness (QED) is 0.422. The van der Waals surface area contributed by atoms with Crippen LogP contribution in [0.2, 0.25) is 0 Å². The van der Waals surface area contributed by atoms with E-state index in [4.69, 9.17) is 10.5 Å². The number of fused-ring (bicyclic) bond motifs is 1. The van der Waals surface area contributed by atoms with Gasteiger partial charge >= 0.3 is 6.03 Å². The van der Waals surface area contributed by atoms with Gasteiger partial charge in [-0.15, -0.1) is 0 Å². The number of aromatic nitrogens is 1. The molecule has 1 heterocycles. The highest BCUT2D eigenvalue weighted by molar-refractivity contribution is 5.93. The molecule has 0 aliphatic carbocycles. The first-order valence-electron chi connectivity index (χ1n) is 5.24. The van der Waals surface area contributed by atoms with Crippen LogP contribution in [0.1, 0.15) is 0 Å². The fourth-order valence-corrected chi connectivity index (χ4v) is 1.52. The number of hydrogen-bond acceptors (Lipinski definition) is 3. The molecule has 0 fully saturated rings. The van der Waals surface area contributed by atoms with Crippen molar-refractivity contribution in [1.82, 2.24) is 10.3 Å². The van der Waals surface area contributed by atoms with Gasteiger partial charge in [0.1, 0.15) is 0 Å². The zero-order chi connectivity index (χ0) is 13.0. The number of anilines is 1. The third-order valence-electron chi connectivity index (χ3n) is 2.30. The molecule has 2 rings (SSSR count). The number of aliphatic hydroxyl groups is 1. The maximum absolute atomic E-state index is 11.5. The van der Waals surface area contributed by atoms with Gasteiger partial charge in [0.2, 0.25) is 0 Å². The van der Waals surface area contributed by atoms with Gasteiger partial charge in [0.25, 0.3) is 0 Å². The molecule has 0 atom stereocenters. The Morgan fingerprint density at radius 1 is 1.39 bits per heavy atom. The van der Waals surface area contributed by atoms with Gasteiger partial charge in [0.05, 0.1) is 0 Å². The lowest BCUT2D eigenvalue weighted by molar-refractivity contribution is 0.248. The number of carbonyl (C=O) groups is 1. The third kappa shape index (κ3) is 2.67. The lowest BCUT2D eigenvalue weighted by Crippen LogP contribution is -2.28. The molecule has 6 nitrogen and oxygen atoms in total. The molecule has 0 saturated heterocycles. The number of allylic oxidation sites excluding steroid dienone is 1.